The zero-order valence-corrected chi connectivity index (χ0v) is 25.0. The van der Waals surface area contributed by atoms with Crippen LogP contribution in [0.25, 0.3) is 0 Å². The van der Waals surface area contributed by atoms with Crippen LogP contribution in [0.5, 0.6) is 0 Å². The number of benzene rings is 2. The van der Waals surface area contributed by atoms with Gasteiger partial charge >= 0.3 is 138 Å². The largest absolute Gasteiger partial charge is 0.665 e. The van der Waals surface area contributed by atoms with Gasteiger partial charge in [-0.25, -0.2) is 0 Å². The Morgan fingerprint density at radius 1 is 0.676 bits per heavy atom. The summed E-state index contributed by atoms with van der Waals surface area (Å²) in [6.07, 6.45) is 0. The van der Waals surface area contributed by atoms with Gasteiger partial charge in [0.2, 0.25) is 0 Å². The standard InChI is InChI=1S/C10H12.C6H3Cl2N.2C6H8N.W/c1-10(2,3)9-7-5-4-6-8-9;7-4-2-1-3-5(8)6(4)9;2*1-5-3-4-6(2)7-5;/h1,4-8H,2-3H3;1-3H;2*3-4H,1-2H3;/q;;2*-1;. The first-order valence-corrected chi connectivity index (χ1v) is 14.7. The first kappa shape index (κ1) is 28.2. The number of rotatable bonds is 3. The molecule has 2 aromatic carbocycles. The van der Waals surface area contributed by atoms with Crippen LogP contribution in [-0.4, -0.2) is 4.40 Å². The second-order valence-corrected chi connectivity index (χ2v) is 11.5. The van der Waals surface area contributed by atoms with E-state index in [2.05, 4.69) is 56.0 Å². The Bertz CT molecular complexity index is 1140. The molecule has 0 bridgehead atoms. The fourth-order valence-corrected chi connectivity index (χ4v) is 6.50. The third-order valence-electron chi connectivity index (χ3n) is 4.78. The van der Waals surface area contributed by atoms with Gasteiger partial charge in [0.15, 0.2) is 0 Å². The molecule has 0 saturated heterocycles. The first-order chi connectivity index (χ1) is 16.1. The van der Waals surface area contributed by atoms with Crippen molar-refractivity contribution < 1.29 is 17.9 Å². The molecule has 180 valence electrons. The Kier molecular flexibility index (Phi) is 11.4. The van der Waals surface area contributed by atoms with E-state index in [0.29, 0.717) is 10.0 Å². The van der Waals surface area contributed by atoms with Crippen molar-refractivity contribution in [1.82, 2.24) is 9.97 Å². The third-order valence-corrected chi connectivity index (χ3v) is 8.92. The molecule has 2 heterocycles. The van der Waals surface area contributed by atoms with E-state index in [1.54, 1.807) is 0 Å². The van der Waals surface area contributed by atoms with Crippen molar-refractivity contribution in [3.05, 3.63) is 111 Å². The molecule has 0 atom stereocenters. The summed E-state index contributed by atoms with van der Waals surface area (Å²) in [7, 11) is 0. The average molecular weight is 664 g/mol. The van der Waals surface area contributed by atoms with E-state index in [1.807, 2.05) is 76.2 Å². The number of aromatic nitrogens is 2. The summed E-state index contributed by atoms with van der Waals surface area (Å²) in [4.78, 5) is 8.22. The van der Waals surface area contributed by atoms with Gasteiger partial charge in [-0.2, -0.15) is 22.8 Å². The number of halogens is 2. The van der Waals surface area contributed by atoms with E-state index < -0.39 is 17.9 Å². The van der Waals surface area contributed by atoms with E-state index in [1.165, 1.54) is 5.56 Å². The van der Waals surface area contributed by atoms with Crippen LogP contribution in [0, 0.1) is 27.7 Å². The quantitative estimate of drug-likeness (QED) is 0.222. The van der Waals surface area contributed by atoms with Gasteiger partial charge < -0.3 is 9.97 Å². The van der Waals surface area contributed by atoms with Crippen molar-refractivity contribution >= 4 is 33.3 Å². The summed E-state index contributed by atoms with van der Waals surface area (Å²) in [6, 6.07) is 24.0. The molecule has 0 fully saturated rings. The number of hydrogen-bond acceptors (Lipinski definition) is 1. The smallest absolute Gasteiger partial charge is 0.0607 e. The van der Waals surface area contributed by atoms with Crippen molar-refractivity contribution in [2.24, 2.45) is 3.50 Å². The normalized spacial score (nSPS) is 10.4. The minimum atomic E-state index is -1.01. The van der Waals surface area contributed by atoms with Gasteiger partial charge in [0, 0.05) is 0 Å². The monoisotopic (exact) mass is 663 g/mol. The number of nitrogens with zero attached hydrogens (tertiary/aromatic N) is 3. The van der Waals surface area contributed by atoms with Gasteiger partial charge in [-0.3, -0.25) is 0 Å². The van der Waals surface area contributed by atoms with E-state index in [-0.39, 0.29) is 5.41 Å². The Labute approximate surface area is 221 Å². The van der Waals surface area contributed by atoms with Crippen LogP contribution in [0.2, 0.25) is 10.0 Å². The molecule has 0 aliphatic heterocycles. The van der Waals surface area contributed by atoms with Gasteiger partial charge in [0.1, 0.15) is 0 Å². The summed E-state index contributed by atoms with van der Waals surface area (Å²) < 4.78 is 7.00. The SMILES string of the molecule is CC(C)([CH]=[W]=[N]c1c(Cl)cccc1Cl)c1ccccc1.Cc1ccc(C)[n-]1.Cc1ccc(C)[n-]1. The van der Waals surface area contributed by atoms with Crippen LogP contribution >= 0.6 is 23.2 Å². The van der Waals surface area contributed by atoms with Gasteiger partial charge in [0.25, 0.3) is 0 Å². The first-order valence-electron chi connectivity index (χ1n) is 10.9. The molecule has 0 N–H and O–H groups in total. The van der Waals surface area contributed by atoms with Gasteiger partial charge in [-0.1, -0.05) is 52.0 Å². The minimum Gasteiger partial charge on any atom is -0.665 e. The predicted octanol–water partition coefficient (Wildman–Crippen LogP) is 8.19. The van der Waals surface area contributed by atoms with Crippen molar-refractivity contribution in [3.63, 3.8) is 0 Å². The molecule has 0 aliphatic rings. The molecule has 0 spiro atoms. The van der Waals surface area contributed by atoms with Crippen LogP contribution in [0.3, 0.4) is 0 Å². The van der Waals surface area contributed by atoms with E-state index >= 15 is 0 Å². The number of aryl methyl sites for hydroxylation is 4. The summed E-state index contributed by atoms with van der Waals surface area (Å²) >= 11 is 11.3. The summed E-state index contributed by atoms with van der Waals surface area (Å²) in [6.45, 7) is 12.4. The van der Waals surface area contributed by atoms with Gasteiger partial charge in [-0.05, 0) is 0 Å². The van der Waals surface area contributed by atoms with Crippen molar-refractivity contribution in [1.29, 1.82) is 0 Å². The molecule has 4 aromatic rings. The summed E-state index contributed by atoms with van der Waals surface area (Å²) in [5, 5.41) is 1.26. The van der Waals surface area contributed by atoms with Crippen LogP contribution in [0.4, 0.5) is 5.69 Å². The van der Waals surface area contributed by atoms with E-state index in [4.69, 9.17) is 23.2 Å². The zero-order chi connectivity index (χ0) is 25.1. The van der Waals surface area contributed by atoms with Crippen molar-refractivity contribution in [2.45, 2.75) is 47.0 Å². The molecule has 0 radical (unpaired) electrons. The number of hydrogen-bond donors (Lipinski definition) is 0. The molecule has 34 heavy (non-hydrogen) atoms. The second-order valence-electron chi connectivity index (χ2n) is 8.43. The van der Waals surface area contributed by atoms with Crippen LogP contribution in [0.1, 0.15) is 42.2 Å². The molecule has 2 aromatic heterocycles. The Morgan fingerprint density at radius 3 is 1.50 bits per heavy atom. The van der Waals surface area contributed by atoms with Gasteiger partial charge in [0.05, 0.1) is 0 Å². The minimum absolute atomic E-state index is 0.0309. The molecule has 3 nitrogen and oxygen atoms in total. The van der Waals surface area contributed by atoms with E-state index in [0.717, 1.165) is 28.5 Å². The molecular weight excluding hydrogens is 633 g/mol. The van der Waals surface area contributed by atoms with E-state index in [9.17, 15) is 0 Å². The molecule has 0 saturated carbocycles. The average Bonchev–Trinajstić information content (AvgIpc) is 3.37. The molecule has 0 aliphatic carbocycles. The van der Waals surface area contributed by atoms with Crippen LogP contribution < -0.4 is 9.97 Å². The topological polar surface area (TPSA) is 40.6 Å². The van der Waals surface area contributed by atoms with Gasteiger partial charge in [-0.15, -0.1) is 0 Å². The van der Waals surface area contributed by atoms with Crippen LogP contribution in [0.15, 0.2) is 76.3 Å². The summed E-state index contributed by atoms with van der Waals surface area (Å²) in [5.41, 5.74) is 6.51. The maximum absolute atomic E-state index is 6.13. The van der Waals surface area contributed by atoms with Crippen molar-refractivity contribution in [3.8, 4) is 0 Å². The predicted molar refractivity (Wildman–Crippen MR) is 143 cm³/mol. The maximum atomic E-state index is 6.13. The fourth-order valence-electron chi connectivity index (χ4n) is 2.91. The summed E-state index contributed by atoms with van der Waals surface area (Å²) in [5.74, 6) is 0. The van der Waals surface area contributed by atoms with Crippen LogP contribution in [-0.2, 0) is 23.3 Å². The molecule has 4 rings (SSSR count). The molecule has 0 amide bonds. The molecular formula is C28H31Cl2N3W-2. The van der Waals surface area contributed by atoms with Crippen molar-refractivity contribution in [2.75, 3.05) is 0 Å². The fraction of sp³-hybridized carbons (Fsp3) is 0.250. The Morgan fingerprint density at radius 2 is 1.12 bits per heavy atom. The zero-order valence-electron chi connectivity index (χ0n) is 20.5. The third kappa shape index (κ3) is 9.66. The Balaban J connectivity index is 0.000000235. The maximum Gasteiger partial charge on any atom is -0.0607 e. The molecule has 6 heteroatoms. The Hall–Kier alpha value is -2.06. The molecule has 0 unspecified atom stereocenters. The second kappa shape index (κ2) is 13.7.